The molecule has 2 fully saturated rings. The van der Waals surface area contributed by atoms with Crippen LogP contribution in [0.5, 0.6) is 0 Å². The van der Waals surface area contributed by atoms with Gasteiger partial charge in [-0.25, -0.2) is 19.3 Å². The van der Waals surface area contributed by atoms with Crippen molar-refractivity contribution >= 4 is 17.3 Å². The van der Waals surface area contributed by atoms with Crippen molar-refractivity contribution in [2.45, 2.75) is 76.7 Å². The van der Waals surface area contributed by atoms with E-state index in [1.54, 1.807) is 23.5 Å². The lowest BCUT2D eigenvalue weighted by Gasteiger charge is -2.24. The molecule has 0 bridgehead atoms. The highest BCUT2D eigenvalue weighted by molar-refractivity contribution is 7.15. The first-order chi connectivity index (χ1) is 15.7. The maximum Gasteiger partial charge on any atom is 0.223 e. The summed E-state index contributed by atoms with van der Waals surface area (Å²) in [5.74, 6) is 1.72. The Kier molecular flexibility index (Phi) is 6.49. The summed E-state index contributed by atoms with van der Waals surface area (Å²) in [6.45, 7) is 2.34. The zero-order valence-corrected chi connectivity index (χ0v) is 19.5. The fraction of sp³-hybridized carbons (Fsp3) is 0.500. The molecular formula is C26H31FN4S. The van der Waals surface area contributed by atoms with E-state index in [-0.39, 0.29) is 5.82 Å². The van der Waals surface area contributed by atoms with Crippen LogP contribution in [0.25, 0.3) is 21.8 Å². The quantitative estimate of drug-likeness (QED) is 0.439. The Bertz CT molecular complexity index is 1050. The lowest BCUT2D eigenvalue weighted by atomic mass is 9.83. The molecule has 2 heterocycles. The van der Waals surface area contributed by atoms with Gasteiger partial charge in [0.05, 0.1) is 21.3 Å². The first kappa shape index (κ1) is 21.5. The summed E-state index contributed by atoms with van der Waals surface area (Å²) in [6.07, 6.45) is 12.9. The molecule has 0 spiro atoms. The van der Waals surface area contributed by atoms with Gasteiger partial charge in [0.2, 0.25) is 5.95 Å². The fourth-order valence-corrected chi connectivity index (χ4v) is 6.23. The van der Waals surface area contributed by atoms with Crippen LogP contribution in [-0.2, 0) is 0 Å². The predicted molar refractivity (Wildman–Crippen MR) is 129 cm³/mol. The Morgan fingerprint density at radius 3 is 2.56 bits per heavy atom. The summed E-state index contributed by atoms with van der Waals surface area (Å²) in [7, 11) is 0. The van der Waals surface area contributed by atoms with Crippen LogP contribution in [0.1, 0.15) is 75.6 Å². The van der Waals surface area contributed by atoms with Gasteiger partial charge in [-0.05, 0) is 49.8 Å². The SMILES string of the molecule is CC1CCC(c2nc(-c3cccc(F)c3)c(-c3ccnc(NC4CCCCC4)n3)s2)CC1. The monoisotopic (exact) mass is 450 g/mol. The highest BCUT2D eigenvalue weighted by Gasteiger charge is 2.26. The molecule has 0 amide bonds. The highest BCUT2D eigenvalue weighted by Crippen LogP contribution is 2.43. The van der Waals surface area contributed by atoms with Gasteiger partial charge in [-0.3, -0.25) is 0 Å². The lowest BCUT2D eigenvalue weighted by Crippen LogP contribution is -2.23. The molecule has 3 aromatic rings. The van der Waals surface area contributed by atoms with E-state index in [1.807, 2.05) is 18.3 Å². The Morgan fingerprint density at radius 2 is 1.78 bits per heavy atom. The van der Waals surface area contributed by atoms with Crippen LogP contribution in [0.4, 0.5) is 10.3 Å². The van der Waals surface area contributed by atoms with Gasteiger partial charge >= 0.3 is 0 Å². The van der Waals surface area contributed by atoms with Gasteiger partial charge in [-0.1, -0.05) is 51.2 Å². The van der Waals surface area contributed by atoms with Gasteiger partial charge in [0, 0.05) is 23.7 Å². The van der Waals surface area contributed by atoms with Crippen LogP contribution < -0.4 is 5.32 Å². The van der Waals surface area contributed by atoms with Crippen LogP contribution in [-0.4, -0.2) is 21.0 Å². The number of hydrogen-bond acceptors (Lipinski definition) is 5. The van der Waals surface area contributed by atoms with Gasteiger partial charge < -0.3 is 5.32 Å². The predicted octanol–water partition coefficient (Wildman–Crippen LogP) is 7.44. The fourth-order valence-electron chi connectivity index (χ4n) is 5.01. The van der Waals surface area contributed by atoms with Crippen molar-refractivity contribution in [3.8, 4) is 21.8 Å². The number of hydrogen-bond donors (Lipinski definition) is 1. The van der Waals surface area contributed by atoms with Crippen LogP contribution >= 0.6 is 11.3 Å². The first-order valence-electron chi connectivity index (χ1n) is 12.0. The normalized spacial score (nSPS) is 22.1. The summed E-state index contributed by atoms with van der Waals surface area (Å²) >= 11 is 1.72. The molecule has 6 heteroatoms. The minimum atomic E-state index is -0.239. The van der Waals surface area contributed by atoms with E-state index in [1.165, 1.54) is 63.9 Å². The van der Waals surface area contributed by atoms with Crippen molar-refractivity contribution in [1.29, 1.82) is 0 Å². The topological polar surface area (TPSA) is 50.7 Å². The molecular weight excluding hydrogens is 419 g/mol. The number of aromatic nitrogens is 3. The molecule has 2 aliphatic carbocycles. The first-order valence-corrected chi connectivity index (χ1v) is 12.8. The molecule has 0 atom stereocenters. The van der Waals surface area contributed by atoms with E-state index in [2.05, 4.69) is 17.2 Å². The number of nitrogens with one attached hydrogen (secondary N) is 1. The van der Waals surface area contributed by atoms with E-state index < -0.39 is 0 Å². The summed E-state index contributed by atoms with van der Waals surface area (Å²) in [6, 6.07) is 9.16. The molecule has 0 radical (unpaired) electrons. The highest BCUT2D eigenvalue weighted by atomic mass is 32.1. The van der Waals surface area contributed by atoms with Crippen molar-refractivity contribution in [1.82, 2.24) is 15.0 Å². The minimum Gasteiger partial charge on any atom is -0.351 e. The Balaban J connectivity index is 1.50. The van der Waals surface area contributed by atoms with Crippen LogP contribution in [0, 0.1) is 11.7 Å². The number of halogens is 1. The summed E-state index contributed by atoms with van der Waals surface area (Å²) in [5.41, 5.74) is 2.52. The Hall–Kier alpha value is -2.34. The van der Waals surface area contributed by atoms with E-state index in [0.29, 0.717) is 17.9 Å². The summed E-state index contributed by atoms with van der Waals surface area (Å²) < 4.78 is 14.1. The molecule has 2 saturated carbocycles. The summed E-state index contributed by atoms with van der Waals surface area (Å²) in [5, 5.41) is 4.70. The standard InChI is InChI=1S/C26H31FN4S/c1-17-10-12-18(13-11-17)25-31-23(19-6-5-7-20(27)16-19)24(32-25)22-14-15-28-26(30-22)29-21-8-3-2-4-9-21/h5-7,14-18,21H,2-4,8-13H2,1H3,(H,28,29,30). The number of benzene rings is 1. The average Bonchev–Trinajstić information content (AvgIpc) is 3.26. The Morgan fingerprint density at radius 1 is 0.969 bits per heavy atom. The van der Waals surface area contributed by atoms with Crippen molar-refractivity contribution in [3.05, 3.63) is 47.4 Å². The van der Waals surface area contributed by atoms with Crippen molar-refractivity contribution < 1.29 is 4.39 Å². The molecule has 2 aliphatic rings. The van der Waals surface area contributed by atoms with Gasteiger partial charge in [0.15, 0.2) is 0 Å². The zero-order chi connectivity index (χ0) is 21.9. The summed E-state index contributed by atoms with van der Waals surface area (Å²) in [4.78, 5) is 15.4. The molecule has 32 heavy (non-hydrogen) atoms. The number of nitrogens with zero attached hydrogens (tertiary/aromatic N) is 3. The third-order valence-electron chi connectivity index (χ3n) is 6.93. The maximum atomic E-state index is 14.1. The second-order valence-corrected chi connectivity index (χ2v) is 10.5. The zero-order valence-electron chi connectivity index (χ0n) is 18.7. The smallest absolute Gasteiger partial charge is 0.223 e. The molecule has 2 aromatic heterocycles. The number of rotatable bonds is 5. The second kappa shape index (κ2) is 9.65. The molecule has 1 N–H and O–H groups in total. The van der Waals surface area contributed by atoms with Crippen LogP contribution in [0.2, 0.25) is 0 Å². The Labute approximate surface area is 193 Å². The van der Waals surface area contributed by atoms with E-state index in [0.717, 1.165) is 32.8 Å². The van der Waals surface area contributed by atoms with Crippen molar-refractivity contribution in [3.63, 3.8) is 0 Å². The average molecular weight is 451 g/mol. The van der Waals surface area contributed by atoms with Crippen molar-refractivity contribution in [2.24, 2.45) is 5.92 Å². The van der Waals surface area contributed by atoms with Crippen LogP contribution in [0.15, 0.2) is 36.5 Å². The van der Waals surface area contributed by atoms with E-state index in [4.69, 9.17) is 9.97 Å². The number of thiazole rings is 1. The van der Waals surface area contributed by atoms with E-state index in [9.17, 15) is 4.39 Å². The van der Waals surface area contributed by atoms with Crippen LogP contribution in [0.3, 0.4) is 0 Å². The molecule has 0 aliphatic heterocycles. The molecule has 4 nitrogen and oxygen atoms in total. The largest absolute Gasteiger partial charge is 0.351 e. The van der Waals surface area contributed by atoms with E-state index >= 15 is 0 Å². The van der Waals surface area contributed by atoms with Gasteiger partial charge in [0.25, 0.3) is 0 Å². The molecule has 0 unspecified atom stereocenters. The third-order valence-corrected chi connectivity index (χ3v) is 8.17. The lowest BCUT2D eigenvalue weighted by molar-refractivity contribution is 0.347. The molecule has 5 rings (SSSR count). The third kappa shape index (κ3) is 4.85. The van der Waals surface area contributed by atoms with Gasteiger partial charge in [0.1, 0.15) is 5.82 Å². The molecule has 168 valence electrons. The number of anilines is 1. The maximum absolute atomic E-state index is 14.1. The molecule has 1 aromatic carbocycles. The minimum absolute atomic E-state index is 0.239. The van der Waals surface area contributed by atoms with Gasteiger partial charge in [-0.2, -0.15) is 0 Å². The van der Waals surface area contributed by atoms with Gasteiger partial charge in [-0.15, -0.1) is 11.3 Å². The van der Waals surface area contributed by atoms with Crippen molar-refractivity contribution in [2.75, 3.05) is 5.32 Å². The molecule has 0 saturated heterocycles. The second-order valence-electron chi connectivity index (χ2n) is 9.44.